The SMILES string of the molecule is CNCCCOc1cc(C(N)=O)cc([N+](=O)[O-])c1Cl. The van der Waals surface area contributed by atoms with E-state index in [4.69, 9.17) is 22.1 Å². The van der Waals surface area contributed by atoms with E-state index in [9.17, 15) is 14.9 Å². The summed E-state index contributed by atoms with van der Waals surface area (Å²) in [6, 6.07) is 2.34. The van der Waals surface area contributed by atoms with Gasteiger partial charge in [0.2, 0.25) is 5.91 Å². The number of nitro groups is 1. The number of primary amides is 1. The lowest BCUT2D eigenvalue weighted by Crippen LogP contribution is -2.13. The summed E-state index contributed by atoms with van der Waals surface area (Å²) >= 11 is 5.86. The third-order valence-corrected chi connectivity index (χ3v) is 2.71. The molecule has 7 nitrogen and oxygen atoms in total. The van der Waals surface area contributed by atoms with Crippen molar-refractivity contribution in [1.82, 2.24) is 5.32 Å². The molecule has 0 saturated carbocycles. The van der Waals surface area contributed by atoms with Crippen LogP contribution in [0.15, 0.2) is 12.1 Å². The van der Waals surface area contributed by atoms with Crippen LogP contribution in [0.4, 0.5) is 5.69 Å². The van der Waals surface area contributed by atoms with Gasteiger partial charge in [0.25, 0.3) is 5.69 Å². The number of ether oxygens (including phenoxy) is 1. The molecule has 0 aliphatic heterocycles. The van der Waals surface area contributed by atoms with E-state index >= 15 is 0 Å². The molecule has 104 valence electrons. The highest BCUT2D eigenvalue weighted by Gasteiger charge is 2.20. The molecule has 1 aromatic carbocycles. The number of nitro benzene ring substituents is 1. The molecule has 0 aliphatic carbocycles. The molecule has 0 aliphatic rings. The van der Waals surface area contributed by atoms with E-state index in [1.54, 1.807) is 7.05 Å². The lowest BCUT2D eigenvalue weighted by Gasteiger charge is -2.09. The first kappa shape index (κ1) is 15.2. The van der Waals surface area contributed by atoms with Crippen LogP contribution >= 0.6 is 11.6 Å². The number of halogens is 1. The first-order chi connectivity index (χ1) is 8.97. The van der Waals surface area contributed by atoms with Gasteiger partial charge in [0.1, 0.15) is 5.75 Å². The van der Waals surface area contributed by atoms with Crippen LogP contribution in [0.1, 0.15) is 16.8 Å². The minimum atomic E-state index is -0.778. The maximum atomic E-state index is 11.1. The molecule has 1 rings (SSSR count). The summed E-state index contributed by atoms with van der Waals surface area (Å²) in [5, 5.41) is 13.6. The highest BCUT2D eigenvalue weighted by molar-refractivity contribution is 6.34. The summed E-state index contributed by atoms with van der Waals surface area (Å²) < 4.78 is 5.34. The molecule has 0 bridgehead atoms. The van der Waals surface area contributed by atoms with Crippen LogP contribution in [0, 0.1) is 10.1 Å². The van der Waals surface area contributed by atoms with Crippen molar-refractivity contribution in [3.05, 3.63) is 32.8 Å². The number of nitrogens with two attached hydrogens (primary N) is 1. The van der Waals surface area contributed by atoms with Gasteiger partial charge >= 0.3 is 0 Å². The first-order valence-electron chi connectivity index (χ1n) is 5.52. The van der Waals surface area contributed by atoms with E-state index in [1.165, 1.54) is 6.07 Å². The van der Waals surface area contributed by atoms with Gasteiger partial charge in [0.05, 0.1) is 11.5 Å². The molecule has 0 saturated heterocycles. The number of nitrogens with one attached hydrogen (secondary N) is 1. The lowest BCUT2D eigenvalue weighted by molar-refractivity contribution is -0.384. The highest BCUT2D eigenvalue weighted by Crippen LogP contribution is 2.35. The summed E-state index contributed by atoms with van der Waals surface area (Å²) in [5.41, 5.74) is 4.69. The monoisotopic (exact) mass is 287 g/mol. The van der Waals surface area contributed by atoms with E-state index in [-0.39, 0.29) is 16.3 Å². The Labute approximate surface area is 114 Å². The van der Waals surface area contributed by atoms with Gasteiger partial charge in [-0.15, -0.1) is 0 Å². The van der Waals surface area contributed by atoms with E-state index < -0.39 is 16.5 Å². The zero-order valence-electron chi connectivity index (χ0n) is 10.3. The predicted octanol–water partition coefficient (Wildman–Crippen LogP) is 1.34. The van der Waals surface area contributed by atoms with Gasteiger partial charge in [0, 0.05) is 11.6 Å². The molecule has 0 unspecified atom stereocenters. The van der Waals surface area contributed by atoms with Gasteiger partial charge in [-0.25, -0.2) is 0 Å². The van der Waals surface area contributed by atoms with Gasteiger partial charge < -0.3 is 15.8 Å². The van der Waals surface area contributed by atoms with Crippen molar-refractivity contribution < 1.29 is 14.5 Å². The quantitative estimate of drug-likeness (QED) is 0.447. The summed E-state index contributed by atoms with van der Waals surface area (Å²) in [6.07, 6.45) is 0.696. The Morgan fingerprint density at radius 3 is 2.79 bits per heavy atom. The van der Waals surface area contributed by atoms with Crippen LogP contribution in [0.25, 0.3) is 0 Å². The van der Waals surface area contributed by atoms with Gasteiger partial charge in [-0.2, -0.15) is 0 Å². The zero-order chi connectivity index (χ0) is 14.4. The molecule has 1 amide bonds. The average molecular weight is 288 g/mol. The zero-order valence-corrected chi connectivity index (χ0v) is 11.1. The summed E-state index contributed by atoms with van der Waals surface area (Å²) in [5.74, 6) is -0.694. The Hall–Kier alpha value is -1.86. The number of carbonyl (C=O) groups excluding carboxylic acids is 1. The molecular formula is C11H14ClN3O4. The molecule has 0 fully saturated rings. The van der Waals surface area contributed by atoms with Crippen molar-refractivity contribution in [3.63, 3.8) is 0 Å². The number of hydrogen-bond donors (Lipinski definition) is 2. The third-order valence-electron chi connectivity index (χ3n) is 2.33. The normalized spacial score (nSPS) is 10.2. The number of benzene rings is 1. The van der Waals surface area contributed by atoms with E-state index in [1.807, 2.05) is 0 Å². The topological polar surface area (TPSA) is 107 Å². The first-order valence-corrected chi connectivity index (χ1v) is 5.90. The van der Waals surface area contributed by atoms with Crippen LogP contribution < -0.4 is 15.8 Å². The summed E-state index contributed by atoms with van der Waals surface area (Å²) in [6.45, 7) is 1.05. The fourth-order valence-electron chi connectivity index (χ4n) is 1.39. The second kappa shape index (κ2) is 6.91. The third kappa shape index (κ3) is 4.08. The number of hydrogen-bond acceptors (Lipinski definition) is 5. The molecular weight excluding hydrogens is 274 g/mol. The molecule has 0 radical (unpaired) electrons. The average Bonchev–Trinajstić information content (AvgIpc) is 2.35. The van der Waals surface area contributed by atoms with Crippen molar-refractivity contribution >= 4 is 23.2 Å². The molecule has 8 heteroatoms. The maximum absolute atomic E-state index is 11.1. The fourth-order valence-corrected chi connectivity index (χ4v) is 1.63. The number of rotatable bonds is 7. The Bertz CT molecular complexity index is 493. The minimum Gasteiger partial charge on any atom is -0.492 e. The van der Waals surface area contributed by atoms with Gasteiger partial charge in [-0.1, -0.05) is 11.6 Å². The predicted molar refractivity (Wildman–Crippen MR) is 70.7 cm³/mol. The Morgan fingerprint density at radius 1 is 1.58 bits per heavy atom. The fraction of sp³-hybridized carbons (Fsp3) is 0.364. The van der Waals surface area contributed by atoms with Gasteiger partial charge in [-0.05, 0) is 26.1 Å². The molecule has 1 aromatic rings. The number of nitrogens with zero attached hydrogens (tertiary/aromatic N) is 1. The summed E-state index contributed by atoms with van der Waals surface area (Å²) in [4.78, 5) is 21.2. The van der Waals surface area contributed by atoms with E-state index in [2.05, 4.69) is 5.32 Å². The van der Waals surface area contributed by atoms with Gasteiger partial charge in [-0.3, -0.25) is 14.9 Å². The smallest absolute Gasteiger partial charge is 0.292 e. The molecule has 19 heavy (non-hydrogen) atoms. The largest absolute Gasteiger partial charge is 0.492 e. The second-order valence-corrected chi connectivity index (χ2v) is 4.11. The highest BCUT2D eigenvalue weighted by atomic mass is 35.5. The van der Waals surface area contributed by atoms with Crippen LogP contribution in [-0.2, 0) is 0 Å². The maximum Gasteiger partial charge on any atom is 0.292 e. The van der Waals surface area contributed by atoms with Gasteiger partial charge in [0.15, 0.2) is 5.02 Å². The molecule has 0 heterocycles. The van der Waals surface area contributed by atoms with E-state index in [0.29, 0.717) is 13.0 Å². The molecule has 0 spiro atoms. The Morgan fingerprint density at radius 2 is 2.26 bits per heavy atom. The lowest BCUT2D eigenvalue weighted by atomic mass is 10.2. The second-order valence-electron chi connectivity index (χ2n) is 3.73. The van der Waals surface area contributed by atoms with Crippen molar-refractivity contribution in [2.75, 3.05) is 20.2 Å². The summed E-state index contributed by atoms with van der Waals surface area (Å²) in [7, 11) is 1.80. The van der Waals surface area contributed by atoms with Crippen molar-refractivity contribution in [3.8, 4) is 5.75 Å². The van der Waals surface area contributed by atoms with Crippen LogP contribution in [0.3, 0.4) is 0 Å². The molecule has 3 N–H and O–H groups in total. The van der Waals surface area contributed by atoms with Crippen molar-refractivity contribution in [2.45, 2.75) is 6.42 Å². The van der Waals surface area contributed by atoms with Crippen molar-refractivity contribution in [1.29, 1.82) is 0 Å². The Kier molecular flexibility index (Phi) is 5.53. The van der Waals surface area contributed by atoms with Crippen LogP contribution in [0.2, 0.25) is 5.02 Å². The number of carbonyl (C=O) groups is 1. The van der Waals surface area contributed by atoms with Crippen molar-refractivity contribution in [2.24, 2.45) is 5.73 Å². The number of amides is 1. The minimum absolute atomic E-state index is 0.0142. The standard InChI is InChI=1S/C11H14ClN3O4/c1-14-3-2-4-19-9-6-7(11(13)16)5-8(10(9)12)15(17)18/h5-6,14H,2-4H2,1H3,(H2,13,16). The van der Waals surface area contributed by atoms with E-state index in [0.717, 1.165) is 12.6 Å². The Balaban J connectivity index is 3.01. The molecule has 0 aromatic heterocycles. The molecule has 0 atom stereocenters. The van der Waals surface area contributed by atoms with Crippen LogP contribution in [-0.4, -0.2) is 31.0 Å². The van der Waals surface area contributed by atoms with Crippen LogP contribution in [0.5, 0.6) is 5.75 Å².